The molecule has 1 atom stereocenters. The van der Waals surface area contributed by atoms with Crippen molar-refractivity contribution >= 4 is 29.5 Å². The third kappa shape index (κ3) is 3.93. The smallest absolute Gasteiger partial charge is 0.341 e. The molecule has 1 saturated heterocycles. The van der Waals surface area contributed by atoms with E-state index in [-0.39, 0.29) is 11.3 Å². The molecular formula is C19H17N3O6. The van der Waals surface area contributed by atoms with Crippen LogP contribution in [0.2, 0.25) is 0 Å². The zero-order chi connectivity index (χ0) is 20.3. The van der Waals surface area contributed by atoms with E-state index in [0.717, 1.165) is 0 Å². The summed E-state index contributed by atoms with van der Waals surface area (Å²) in [7, 11) is 0. The first-order chi connectivity index (χ1) is 13.3. The van der Waals surface area contributed by atoms with Crippen molar-refractivity contribution in [1.29, 1.82) is 0 Å². The largest absolute Gasteiger partial charge is 0.482 e. The van der Waals surface area contributed by atoms with Gasteiger partial charge in [0, 0.05) is 11.3 Å². The van der Waals surface area contributed by atoms with Gasteiger partial charge in [0.25, 0.3) is 11.8 Å². The number of benzene rings is 2. The Balaban J connectivity index is 1.77. The Bertz CT molecular complexity index is 974. The minimum absolute atomic E-state index is 0.252. The molecular weight excluding hydrogens is 366 g/mol. The van der Waals surface area contributed by atoms with Crippen LogP contribution in [0, 0.1) is 0 Å². The summed E-state index contributed by atoms with van der Waals surface area (Å²) in [6, 6.07) is 12.1. The first-order valence-corrected chi connectivity index (χ1v) is 8.28. The summed E-state index contributed by atoms with van der Waals surface area (Å²) in [5.74, 6) is -1.79. The number of hydrogen-bond acceptors (Lipinski definition) is 5. The molecule has 1 heterocycles. The summed E-state index contributed by atoms with van der Waals surface area (Å²) in [6.07, 6.45) is 0. The number of ether oxygens (including phenoxy) is 1. The van der Waals surface area contributed by atoms with E-state index in [1.807, 2.05) is 0 Å². The predicted molar refractivity (Wildman–Crippen MR) is 98.0 cm³/mol. The molecule has 0 bridgehead atoms. The topological polar surface area (TPSA) is 134 Å². The van der Waals surface area contributed by atoms with Crippen LogP contribution in [-0.2, 0) is 15.1 Å². The average molecular weight is 383 g/mol. The normalized spacial score (nSPS) is 18.2. The van der Waals surface area contributed by atoms with Crippen molar-refractivity contribution in [3.8, 4) is 5.75 Å². The highest BCUT2D eigenvalue weighted by Gasteiger charge is 2.43. The van der Waals surface area contributed by atoms with E-state index in [9.17, 15) is 19.2 Å². The maximum Gasteiger partial charge on any atom is 0.341 e. The summed E-state index contributed by atoms with van der Waals surface area (Å²) >= 11 is 0. The Hall–Kier alpha value is -3.88. The number of carbonyl (C=O) groups excluding carboxylic acids is 3. The second kappa shape index (κ2) is 7.39. The second-order valence-corrected chi connectivity index (χ2v) is 6.28. The van der Waals surface area contributed by atoms with E-state index in [1.54, 1.807) is 49.4 Å². The standard InChI is InChI=1S/C19H17N3O6/c1-19(17(26)21-18(27)22-19)12-5-3-6-13(9-12)20-16(25)11-4-2-7-14(8-11)28-10-15(23)24/h2-9H,10H2,1H3,(H,20,25)(H,23,24)(H2,21,22,26,27). The molecule has 0 saturated carbocycles. The van der Waals surface area contributed by atoms with Crippen molar-refractivity contribution in [2.75, 3.05) is 11.9 Å². The minimum Gasteiger partial charge on any atom is -0.482 e. The van der Waals surface area contributed by atoms with Gasteiger partial charge in [-0.05, 0) is 42.8 Å². The van der Waals surface area contributed by atoms with Crippen LogP contribution in [-0.4, -0.2) is 35.5 Å². The fraction of sp³-hybridized carbons (Fsp3) is 0.158. The van der Waals surface area contributed by atoms with Crippen molar-refractivity contribution in [3.63, 3.8) is 0 Å². The molecule has 1 aliphatic heterocycles. The molecule has 144 valence electrons. The Morgan fingerprint density at radius 1 is 1.14 bits per heavy atom. The van der Waals surface area contributed by atoms with Gasteiger partial charge in [0.15, 0.2) is 6.61 Å². The second-order valence-electron chi connectivity index (χ2n) is 6.28. The number of imide groups is 1. The van der Waals surface area contributed by atoms with Gasteiger partial charge >= 0.3 is 12.0 Å². The number of carbonyl (C=O) groups is 4. The molecule has 2 aromatic carbocycles. The molecule has 28 heavy (non-hydrogen) atoms. The molecule has 0 radical (unpaired) electrons. The summed E-state index contributed by atoms with van der Waals surface area (Å²) in [5, 5.41) is 16.1. The maximum absolute atomic E-state index is 12.5. The monoisotopic (exact) mass is 383 g/mol. The SMILES string of the molecule is CC1(c2cccc(NC(=O)c3cccc(OCC(=O)O)c3)c2)NC(=O)NC1=O. The Labute approximate surface area is 159 Å². The lowest BCUT2D eigenvalue weighted by molar-refractivity contribution is -0.139. The third-order valence-electron chi connectivity index (χ3n) is 4.20. The summed E-state index contributed by atoms with van der Waals surface area (Å²) < 4.78 is 5.07. The van der Waals surface area contributed by atoms with Gasteiger partial charge in [-0.15, -0.1) is 0 Å². The molecule has 9 nitrogen and oxygen atoms in total. The molecule has 2 aromatic rings. The van der Waals surface area contributed by atoms with Crippen LogP contribution in [0.15, 0.2) is 48.5 Å². The van der Waals surface area contributed by atoms with Gasteiger partial charge in [0.2, 0.25) is 0 Å². The number of carboxylic acids is 1. The summed E-state index contributed by atoms with van der Waals surface area (Å²) in [5.41, 5.74) is -0.0317. The predicted octanol–water partition coefficient (Wildman–Crippen LogP) is 1.46. The lowest BCUT2D eigenvalue weighted by atomic mass is 9.92. The highest BCUT2D eigenvalue weighted by Crippen LogP contribution is 2.26. The zero-order valence-electron chi connectivity index (χ0n) is 14.8. The van der Waals surface area contributed by atoms with Crippen LogP contribution < -0.4 is 20.7 Å². The molecule has 9 heteroatoms. The molecule has 4 amide bonds. The Kier molecular flexibility index (Phi) is 4.99. The van der Waals surface area contributed by atoms with Crippen molar-refractivity contribution in [2.45, 2.75) is 12.5 Å². The van der Waals surface area contributed by atoms with Crippen LogP contribution >= 0.6 is 0 Å². The number of hydrogen-bond donors (Lipinski definition) is 4. The number of urea groups is 1. The van der Waals surface area contributed by atoms with Crippen LogP contribution in [0.4, 0.5) is 10.5 Å². The average Bonchev–Trinajstić information content (AvgIpc) is 2.93. The molecule has 1 unspecified atom stereocenters. The van der Waals surface area contributed by atoms with Crippen LogP contribution in [0.1, 0.15) is 22.8 Å². The van der Waals surface area contributed by atoms with Crippen LogP contribution in [0.3, 0.4) is 0 Å². The van der Waals surface area contributed by atoms with Gasteiger partial charge in [-0.3, -0.25) is 14.9 Å². The summed E-state index contributed by atoms with van der Waals surface area (Å²) in [6.45, 7) is 1.05. The van der Waals surface area contributed by atoms with Crippen molar-refractivity contribution in [1.82, 2.24) is 10.6 Å². The fourth-order valence-corrected chi connectivity index (χ4v) is 2.73. The number of anilines is 1. The first kappa shape index (κ1) is 18.9. The van der Waals surface area contributed by atoms with E-state index in [2.05, 4.69) is 16.0 Å². The number of rotatable bonds is 6. The quantitative estimate of drug-likeness (QED) is 0.558. The Morgan fingerprint density at radius 3 is 2.57 bits per heavy atom. The number of nitrogens with one attached hydrogen (secondary N) is 3. The molecule has 1 fully saturated rings. The van der Waals surface area contributed by atoms with E-state index in [0.29, 0.717) is 11.3 Å². The van der Waals surface area contributed by atoms with Crippen molar-refractivity contribution in [3.05, 3.63) is 59.7 Å². The van der Waals surface area contributed by atoms with Gasteiger partial charge < -0.3 is 20.5 Å². The highest BCUT2D eigenvalue weighted by molar-refractivity contribution is 6.07. The van der Waals surface area contributed by atoms with Gasteiger partial charge in [-0.1, -0.05) is 18.2 Å². The summed E-state index contributed by atoms with van der Waals surface area (Å²) in [4.78, 5) is 46.6. The minimum atomic E-state index is -1.23. The molecule has 0 aromatic heterocycles. The van der Waals surface area contributed by atoms with Crippen molar-refractivity contribution in [2.24, 2.45) is 0 Å². The molecule has 0 aliphatic carbocycles. The fourth-order valence-electron chi connectivity index (χ4n) is 2.73. The lowest BCUT2D eigenvalue weighted by Gasteiger charge is -2.21. The highest BCUT2D eigenvalue weighted by atomic mass is 16.5. The lowest BCUT2D eigenvalue weighted by Crippen LogP contribution is -2.40. The van der Waals surface area contributed by atoms with E-state index in [1.165, 1.54) is 6.07 Å². The van der Waals surface area contributed by atoms with E-state index >= 15 is 0 Å². The Morgan fingerprint density at radius 2 is 1.89 bits per heavy atom. The third-order valence-corrected chi connectivity index (χ3v) is 4.20. The van der Waals surface area contributed by atoms with Crippen LogP contribution in [0.25, 0.3) is 0 Å². The molecule has 3 rings (SSSR count). The number of carboxylic acid groups (broad SMARTS) is 1. The van der Waals surface area contributed by atoms with Gasteiger partial charge in [-0.2, -0.15) is 0 Å². The molecule has 1 aliphatic rings. The molecule has 4 N–H and O–H groups in total. The number of amides is 4. The van der Waals surface area contributed by atoms with Crippen molar-refractivity contribution < 1.29 is 29.0 Å². The molecule has 0 spiro atoms. The number of aliphatic carboxylic acids is 1. The van der Waals surface area contributed by atoms with Gasteiger partial charge in [-0.25, -0.2) is 9.59 Å². The zero-order valence-corrected chi connectivity index (χ0v) is 14.8. The van der Waals surface area contributed by atoms with Crippen LogP contribution in [0.5, 0.6) is 5.75 Å². The van der Waals surface area contributed by atoms with E-state index < -0.39 is 36.0 Å². The first-order valence-electron chi connectivity index (χ1n) is 8.28. The van der Waals surface area contributed by atoms with Gasteiger partial charge in [0.1, 0.15) is 11.3 Å². The van der Waals surface area contributed by atoms with Gasteiger partial charge in [0.05, 0.1) is 0 Å². The maximum atomic E-state index is 12.5. The van der Waals surface area contributed by atoms with E-state index in [4.69, 9.17) is 9.84 Å².